The van der Waals surface area contributed by atoms with Gasteiger partial charge in [-0.2, -0.15) is 0 Å². The second-order valence-corrected chi connectivity index (χ2v) is 14.2. The standard InChI is InChI=1S/C29H48O3/c1-19(30)32-18-29-13-7-8-21(29)20-9-10-23-26(4)14-12-24(31)25(2,3)22(26)11-15-28(23,6)27(20,5)16-17-29/h20-24,31H,7-18H2,1-6H3/t20?,21?,22?,23?,24-,26-,27+,28+,29+/m0/s1. The molecule has 0 aromatic carbocycles. The minimum atomic E-state index is -0.146. The van der Waals surface area contributed by atoms with Gasteiger partial charge in [-0.3, -0.25) is 4.79 Å². The Morgan fingerprint density at radius 2 is 1.56 bits per heavy atom. The Morgan fingerprint density at radius 1 is 0.812 bits per heavy atom. The first-order valence-electron chi connectivity index (χ1n) is 13.7. The first-order valence-corrected chi connectivity index (χ1v) is 13.7. The zero-order valence-electron chi connectivity index (χ0n) is 21.6. The molecule has 0 spiro atoms. The first kappa shape index (κ1) is 23.2. The molecule has 5 aliphatic rings. The fourth-order valence-corrected chi connectivity index (χ4v) is 11.2. The molecule has 0 amide bonds. The SMILES string of the molecule is CC(=O)OC[C@]12CCCC1C1CCC3[C@@]4(C)CC[C@H](O)C(C)(C)C4CC[C@@]3(C)[C@]1(C)CC2. The first-order chi connectivity index (χ1) is 14.9. The molecule has 32 heavy (non-hydrogen) atoms. The summed E-state index contributed by atoms with van der Waals surface area (Å²) in [6, 6.07) is 0. The minimum Gasteiger partial charge on any atom is -0.465 e. The molecule has 0 saturated heterocycles. The molecule has 5 fully saturated rings. The van der Waals surface area contributed by atoms with Crippen molar-refractivity contribution in [3.8, 4) is 0 Å². The van der Waals surface area contributed by atoms with Crippen molar-refractivity contribution >= 4 is 5.97 Å². The van der Waals surface area contributed by atoms with E-state index in [9.17, 15) is 9.90 Å². The number of aliphatic hydroxyl groups is 1. The van der Waals surface area contributed by atoms with Crippen LogP contribution >= 0.6 is 0 Å². The predicted octanol–water partition coefficient (Wildman–Crippen LogP) is 6.77. The Morgan fingerprint density at radius 3 is 2.28 bits per heavy atom. The van der Waals surface area contributed by atoms with Crippen LogP contribution in [0.15, 0.2) is 0 Å². The van der Waals surface area contributed by atoms with Gasteiger partial charge in [0.25, 0.3) is 0 Å². The highest BCUT2D eigenvalue weighted by Crippen LogP contribution is 2.76. The van der Waals surface area contributed by atoms with E-state index in [0.717, 1.165) is 24.2 Å². The van der Waals surface area contributed by atoms with Gasteiger partial charge >= 0.3 is 5.97 Å². The van der Waals surface area contributed by atoms with Gasteiger partial charge in [0, 0.05) is 12.3 Å². The zero-order chi connectivity index (χ0) is 23.2. The van der Waals surface area contributed by atoms with Crippen LogP contribution in [0.4, 0.5) is 0 Å². The van der Waals surface area contributed by atoms with E-state index < -0.39 is 0 Å². The molecule has 3 nitrogen and oxygen atoms in total. The lowest BCUT2D eigenvalue weighted by atomic mass is 9.32. The normalized spacial score (nSPS) is 54.0. The fourth-order valence-electron chi connectivity index (χ4n) is 11.2. The number of hydrogen-bond donors (Lipinski definition) is 1. The van der Waals surface area contributed by atoms with Crippen LogP contribution in [-0.2, 0) is 9.53 Å². The molecule has 1 N–H and O–H groups in total. The van der Waals surface area contributed by atoms with Crippen LogP contribution in [0.2, 0.25) is 0 Å². The summed E-state index contributed by atoms with van der Waals surface area (Å²) < 4.78 is 5.69. The molecule has 0 bridgehead atoms. The van der Waals surface area contributed by atoms with Crippen LogP contribution in [-0.4, -0.2) is 23.8 Å². The van der Waals surface area contributed by atoms with Crippen molar-refractivity contribution < 1.29 is 14.6 Å². The summed E-state index contributed by atoms with van der Waals surface area (Å²) in [6.45, 7) is 14.9. The molecule has 0 aromatic heterocycles. The van der Waals surface area contributed by atoms with E-state index in [0.29, 0.717) is 28.8 Å². The summed E-state index contributed by atoms with van der Waals surface area (Å²) in [4.78, 5) is 11.7. The lowest BCUT2D eigenvalue weighted by Gasteiger charge is -2.72. The van der Waals surface area contributed by atoms with Gasteiger partial charge in [0.1, 0.15) is 0 Å². The maximum Gasteiger partial charge on any atom is 0.302 e. The van der Waals surface area contributed by atoms with Gasteiger partial charge in [0.15, 0.2) is 0 Å². The fraction of sp³-hybridized carbons (Fsp3) is 0.966. The summed E-state index contributed by atoms with van der Waals surface area (Å²) >= 11 is 0. The van der Waals surface area contributed by atoms with Crippen LogP contribution in [0.3, 0.4) is 0 Å². The van der Waals surface area contributed by atoms with Gasteiger partial charge in [0.2, 0.25) is 0 Å². The molecule has 3 heteroatoms. The average molecular weight is 445 g/mol. The van der Waals surface area contributed by atoms with E-state index in [1.807, 2.05) is 0 Å². The third kappa shape index (κ3) is 2.85. The summed E-state index contributed by atoms with van der Waals surface area (Å²) in [5, 5.41) is 10.9. The summed E-state index contributed by atoms with van der Waals surface area (Å²) in [6.07, 6.45) is 13.8. The topological polar surface area (TPSA) is 46.5 Å². The number of hydrogen-bond acceptors (Lipinski definition) is 3. The van der Waals surface area contributed by atoms with E-state index in [2.05, 4.69) is 34.6 Å². The lowest BCUT2D eigenvalue weighted by Crippen LogP contribution is -2.66. The Kier molecular flexibility index (Phi) is 5.23. The quantitative estimate of drug-likeness (QED) is 0.478. The maximum atomic E-state index is 11.7. The lowest BCUT2D eigenvalue weighted by molar-refractivity contribution is -0.247. The Labute approximate surface area is 196 Å². The Bertz CT molecular complexity index is 774. The van der Waals surface area contributed by atoms with Gasteiger partial charge in [-0.25, -0.2) is 0 Å². The minimum absolute atomic E-state index is 0.0310. The molecule has 0 heterocycles. The van der Waals surface area contributed by atoms with Gasteiger partial charge in [0.05, 0.1) is 12.7 Å². The highest BCUT2D eigenvalue weighted by Gasteiger charge is 2.69. The van der Waals surface area contributed by atoms with Crippen LogP contribution in [0.5, 0.6) is 0 Å². The highest BCUT2D eigenvalue weighted by atomic mass is 16.5. The Balaban J connectivity index is 1.48. The number of carbonyl (C=O) groups is 1. The number of aliphatic hydroxyl groups excluding tert-OH is 1. The largest absolute Gasteiger partial charge is 0.465 e. The van der Waals surface area contributed by atoms with Crippen molar-refractivity contribution in [2.75, 3.05) is 6.61 Å². The molecule has 5 aliphatic carbocycles. The molecule has 182 valence electrons. The molecular formula is C29H48O3. The molecule has 0 aromatic rings. The zero-order valence-corrected chi connectivity index (χ0v) is 21.6. The monoisotopic (exact) mass is 444 g/mol. The number of ether oxygens (including phenoxy) is 1. The second kappa shape index (κ2) is 7.22. The van der Waals surface area contributed by atoms with Crippen molar-refractivity contribution in [3.63, 3.8) is 0 Å². The van der Waals surface area contributed by atoms with Crippen LogP contribution in [0.25, 0.3) is 0 Å². The molecule has 5 rings (SSSR count). The van der Waals surface area contributed by atoms with E-state index in [-0.39, 0.29) is 22.9 Å². The molecule has 0 radical (unpaired) electrons. The number of esters is 1. The molecule has 9 atom stereocenters. The smallest absolute Gasteiger partial charge is 0.302 e. The predicted molar refractivity (Wildman–Crippen MR) is 128 cm³/mol. The third-order valence-corrected chi connectivity index (χ3v) is 13.1. The van der Waals surface area contributed by atoms with Gasteiger partial charge in [-0.15, -0.1) is 0 Å². The number of fused-ring (bicyclic) bond motifs is 7. The van der Waals surface area contributed by atoms with E-state index in [1.54, 1.807) is 6.92 Å². The van der Waals surface area contributed by atoms with Crippen LogP contribution in [0.1, 0.15) is 112 Å². The number of carbonyl (C=O) groups excluding carboxylic acids is 1. The summed E-state index contributed by atoms with van der Waals surface area (Å²) in [7, 11) is 0. The summed E-state index contributed by atoms with van der Waals surface area (Å²) in [5.74, 6) is 2.80. The van der Waals surface area contributed by atoms with Crippen molar-refractivity contribution in [2.45, 2.75) is 118 Å². The van der Waals surface area contributed by atoms with Gasteiger partial charge in [-0.05, 0) is 110 Å². The highest BCUT2D eigenvalue weighted by molar-refractivity contribution is 5.65. The van der Waals surface area contributed by atoms with Crippen molar-refractivity contribution in [3.05, 3.63) is 0 Å². The molecule has 0 aliphatic heterocycles. The third-order valence-electron chi connectivity index (χ3n) is 13.1. The summed E-state index contributed by atoms with van der Waals surface area (Å²) in [5.41, 5.74) is 1.40. The van der Waals surface area contributed by atoms with Gasteiger partial charge in [-0.1, -0.05) is 41.0 Å². The van der Waals surface area contributed by atoms with Crippen molar-refractivity contribution in [1.29, 1.82) is 0 Å². The van der Waals surface area contributed by atoms with Crippen molar-refractivity contribution in [1.82, 2.24) is 0 Å². The molecular weight excluding hydrogens is 396 g/mol. The molecule has 4 unspecified atom stereocenters. The molecule has 5 saturated carbocycles. The average Bonchev–Trinajstić information content (AvgIpc) is 3.14. The van der Waals surface area contributed by atoms with E-state index >= 15 is 0 Å². The van der Waals surface area contributed by atoms with Crippen LogP contribution in [0, 0.1) is 50.7 Å². The second-order valence-electron chi connectivity index (χ2n) is 14.2. The van der Waals surface area contributed by atoms with Gasteiger partial charge < -0.3 is 9.84 Å². The van der Waals surface area contributed by atoms with E-state index in [4.69, 9.17) is 4.74 Å². The Hall–Kier alpha value is -0.570. The number of rotatable bonds is 2. The van der Waals surface area contributed by atoms with Crippen LogP contribution < -0.4 is 0 Å². The van der Waals surface area contributed by atoms with E-state index in [1.165, 1.54) is 64.2 Å². The maximum absolute atomic E-state index is 11.7. The van der Waals surface area contributed by atoms with Crippen molar-refractivity contribution in [2.24, 2.45) is 50.7 Å².